The molecular weight excluding hydrogens is 757 g/mol. The van der Waals surface area contributed by atoms with Crippen molar-refractivity contribution >= 4 is 17.9 Å². The number of ether oxygens (including phenoxy) is 3. The van der Waals surface area contributed by atoms with Gasteiger partial charge in [-0.2, -0.15) is 0 Å². The number of esters is 3. The highest BCUT2D eigenvalue weighted by molar-refractivity contribution is 5.71. The van der Waals surface area contributed by atoms with Gasteiger partial charge < -0.3 is 14.2 Å². The van der Waals surface area contributed by atoms with E-state index in [-0.39, 0.29) is 37.5 Å². The van der Waals surface area contributed by atoms with Crippen molar-refractivity contribution in [1.29, 1.82) is 0 Å². The van der Waals surface area contributed by atoms with Crippen LogP contribution in [0.5, 0.6) is 0 Å². The van der Waals surface area contributed by atoms with Crippen LogP contribution in [0.25, 0.3) is 0 Å². The van der Waals surface area contributed by atoms with Gasteiger partial charge in [0.15, 0.2) is 6.10 Å². The maximum Gasteiger partial charge on any atom is 0.306 e. The Bertz CT molecular complexity index is 1160. The molecule has 0 N–H and O–H groups in total. The zero-order valence-corrected chi connectivity index (χ0v) is 39.9. The number of hydrogen-bond acceptors (Lipinski definition) is 6. The van der Waals surface area contributed by atoms with Crippen LogP contribution in [0.1, 0.15) is 239 Å². The highest BCUT2D eigenvalue weighted by Gasteiger charge is 2.19. The Morgan fingerprint density at radius 1 is 0.344 bits per heavy atom. The fraction of sp³-hybridized carbons (Fsp3) is 0.727. The normalized spacial score (nSPS) is 12.6. The molecule has 0 aromatic rings. The monoisotopic (exact) mass is 851 g/mol. The molecule has 0 aliphatic carbocycles. The van der Waals surface area contributed by atoms with Gasteiger partial charge in [0.05, 0.1) is 0 Å². The van der Waals surface area contributed by atoms with E-state index in [9.17, 15) is 14.4 Å². The molecule has 0 aromatic carbocycles. The molecule has 0 aliphatic heterocycles. The van der Waals surface area contributed by atoms with Crippen LogP contribution in [0.4, 0.5) is 0 Å². The molecule has 0 saturated carbocycles. The number of carbonyl (C=O) groups is 3. The molecule has 1 atom stereocenters. The summed E-state index contributed by atoms with van der Waals surface area (Å²) in [5.41, 5.74) is 0. The summed E-state index contributed by atoms with van der Waals surface area (Å²) >= 11 is 0. The number of rotatable bonds is 45. The summed E-state index contributed by atoms with van der Waals surface area (Å²) < 4.78 is 16.7. The fourth-order valence-corrected chi connectivity index (χ4v) is 6.88. The van der Waals surface area contributed by atoms with Crippen molar-refractivity contribution in [3.8, 4) is 0 Å². The Kier molecular flexibility index (Phi) is 46.9. The average molecular weight is 851 g/mol. The number of unbranched alkanes of at least 4 members (excludes halogenated alkanes) is 22. The second-order valence-electron chi connectivity index (χ2n) is 16.7. The minimum Gasteiger partial charge on any atom is -0.462 e. The molecule has 6 heteroatoms. The molecule has 0 unspecified atom stereocenters. The van der Waals surface area contributed by atoms with Crippen molar-refractivity contribution in [2.24, 2.45) is 0 Å². The summed E-state index contributed by atoms with van der Waals surface area (Å²) in [6, 6.07) is 0. The van der Waals surface area contributed by atoms with Gasteiger partial charge in [-0.05, 0) is 83.5 Å². The van der Waals surface area contributed by atoms with Gasteiger partial charge >= 0.3 is 17.9 Å². The van der Waals surface area contributed by atoms with E-state index >= 15 is 0 Å². The molecule has 0 radical (unpaired) electrons. The molecule has 6 nitrogen and oxygen atoms in total. The average Bonchev–Trinajstić information content (AvgIpc) is 3.26. The first kappa shape index (κ1) is 57.9. The predicted molar refractivity (Wildman–Crippen MR) is 261 cm³/mol. The number of carbonyl (C=O) groups excluding carboxylic acids is 3. The van der Waals surface area contributed by atoms with Gasteiger partial charge in [-0.3, -0.25) is 14.4 Å². The standard InChI is InChI=1S/C55H94O6/c1-4-7-10-13-16-19-22-25-27-28-29-31-33-36-39-42-45-48-54(57)60-51-52(50-59-53(56)47-44-41-38-35-32-24-21-18-15-12-9-6-3)61-55(58)49-46-43-40-37-34-30-26-23-20-17-14-11-8-5-2/h7,10,16,19,23,25-27,29,31,36,39,52H,4-6,8-9,11-15,17-18,20-22,24,28,30,32-35,37-38,40-51H2,1-3H3/b10-7-,19-16-,26-23-,27-25-,31-29-,39-36-/t52-/m1/s1. The van der Waals surface area contributed by atoms with Gasteiger partial charge in [0.1, 0.15) is 13.2 Å². The zero-order valence-electron chi connectivity index (χ0n) is 39.9. The number of hydrogen-bond donors (Lipinski definition) is 0. The molecule has 350 valence electrons. The number of allylic oxidation sites excluding steroid dienone is 12. The van der Waals surface area contributed by atoms with Crippen LogP contribution in [0.2, 0.25) is 0 Å². The lowest BCUT2D eigenvalue weighted by Crippen LogP contribution is -2.30. The van der Waals surface area contributed by atoms with Crippen molar-refractivity contribution in [3.05, 3.63) is 72.9 Å². The Labute approximate surface area is 376 Å². The van der Waals surface area contributed by atoms with E-state index in [4.69, 9.17) is 14.2 Å². The zero-order chi connectivity index (χ0) is 44.4. The summed E-state index contributed by atoms with van der Waals surface area (Å²) in [6.45, 7) is 6.45. The largest absolute Gasteiger partial charge is 0.462 e. The minimum absolute atomic E-state index is 0.0948. The third kappa shape index (κ3) is 47.7. The smallest absolute Gasteiger partial charge is 0.306 e. The topological polar surface area (TPSA) is 78.9 Å². The van der Waals surface area contributed by atoms with Crippen molar-refractivity contribution in [2.45, 2.75) is 245 Å². The third-order valence-corrected chi connectivity index (χ3v) is 10.7. The lowest BCUT2D eigenvalue weighted by molar-refractivity contribution is -0.167. The van der Waals surface area contributed by atoms with Crippen LogP contribution in [0.15, 0.2) is 72.9 Å². The van der Waals surface area contributed by atoms with Gasteiger partial charge in [-0.25, -0.2) is 0 Å². The lowest BCUT2D eigenvalue weighted by atomic mass is 10.0. The van der Waals surface area contributed by atoms with Crippen molar-refractivity contribution in [2.75, 3.05) is 13.2 Å². The summed E-state index contributed by atoms with van der Waals surface area (Å²) in [5, 5.41) is 0. The van der Waals surface area contributed by atoms with Crippen LogP contribution < -0.4 is 0 Å². The first-order chi connectivity index (χ1) is 30.0. The highest BCUT2D eigenvalue weighted by Crippen LogP contribution is 2.14. The highest BCUT2D eigenvalue weighted by atomic mass is 16.6. The molecule has 0 saturated heterocycles. The van der Waals surface area contributed by atoms with Crippen LogP contribution in [-0.4, -0.2) is 37.2 Å². The van der Waals surface area contributed by atoms with E-state index in [1.807, 2.05) is 0 Å². The molecule has 0 amide bonds. The molecular formula is C55H94O6. The molecule has 0 rings (SSSR count). The second kappa shape index (κ2) is 49.5. The van der Waals surface area contributed by atoms with Crippen molar-refractivity contribution in [1.82, 2.24) is 0 Å². The van der Waals surface area contributed by atoms with Crippen LogP contribution in [0.3, 0.4) is 0 Å². The third-order valence-electron chi connectivity index (χ3n) is 10.7. The van der Waals surface area contributed by atoms with E-state index in [2.05, 4.69) is 93.7 Å². The fourth-order valence-electron chi connectivity index (χ4n) is 6.88. The van der Waals surface area contributed by atoms with E-state index in [1.165, 1.54) is 103 Å². The maximum atomic E-state index is 12.8. The van der Waals surface area contributed by atoms with Gasteiger partial charge in [0.25, 0.3) is 0 Å². The van der Waals surface area contributed by atoms with Gasteiger partial charge in [-0.15, -0.1) is 0 Å². The minimum atomic E-state index is -0.799. The molecule has 0 heterocycles. The summed E-state index contributed by atoms with van der Waals surface area (Å²) in [4.78, 5) is 37.9. The van der Waals surface area contributed by atoms with Gasteiger partial charge in [0, 0.05) is 19.3 Å². The summed E-state index contributed by atoms with van der Waals surface area (Å²) in [7, 11) is 0. The van der Waals surface area contributed by atoms with Crippen LogP contribution >= 0.6 is 0 Å². The van der Waals surface area contributed by atoms with Gasteiger partial charge in [0.2, 0.25) is 0 Å². The van der Waals surface area contributed by atoms with Crippen LogP contribution in [0, 0.1) is 0 Å². The van der Waals surface area contributed by atoms with Crippen molar-refractivity contribution in [3.63, 3.8) is 0 Å². The molecule has 0 spiro atoms. The van der Waals surface area contributed by atoms with E-state index in [0.717, 1.165) is 89.9 Å². The maximum absolute atomic E-state index is 12.8. The van der Waals surface area contributed by atoms with Gasteiger partial charge in [-0.1, -0.05) is 209 Å². The first-order valence-corrected chi connectivity index (χ1v) is 25.4. The first-order valence-electron chi connectivity index (χ1n) is 25.4. The molecule has 0 aromatic heterocycles. The summed E-state index contributed by atoms with van der Waals surface area (Å²) in [6.07, 6.45) is 61.7. The molecule has 61 heavy (non-hydrogen) atoms. The summed E-state index contributed by atoms with van der Waals surface area (Å²) in [5.74, 6) is -0.963. The van der Waals surface area contributed by atoms with Crippen molar-refractivity contribution < 1.29 is 28.6 Å². The SMILES string of the molecule is CC/C=C\C/C=C\C/C=C\C/C=C\C/C=C\CCCC(=O)OC[C@@H](COC(=O)CCCCCCCCCCCCCC)OC(=O)CCCCCCC/C=C\CCCCCCC. The Hall–Kier alpha value is -3.15. The molecule has 0 fully saturated rings. The van der Waals surface area contributed by atoms with Crippen LogP contribution in [-0.2, 0) is 28.6 Å². The molecule has 0 aliphatic rings. The Morgan fingerprint density at radius 3 is 1.08 bits per heavy atom. The second-order valence-corrected chi connectivity index (χ2v) is 16.7. The van der Waals surface area contributed by atoms with E-state index < -0.39 is 6.10 Å². The Balaban J connectivity index is 4.48. The Morgan fingerprint density at radius 2 is 0.656 bits per heavy atom. The quantitative estimate of drug-likeness (QED) is 0.0263. The molecule has 0 bridgehead atoms. The van der Waals surface area contributed by atoms with E-state index in [1.54, 1.807) is 0 Å². The predicted octanol–water partition coefficient (Wildman–Crippen LogP) is 16.6. The lowest BCUT2D eigenvalue weighted by Gasteiger charge is -2.18. The van der Waals surface area contributed by atoms with E-state index in [0.29, 0.717) is 19.3 Å².